The van der Waals surface area contributed by atoms with E-state index in [4.69, 9.17) is 0 Å². The van der Waals surface area contributed by atoms with Crippen molar-refractivity contribution in [2.75, 3.05) is 5.75 Å². The van der Waals surface area contributed by atoms with Crippen molar-refractivity contribution >= 4 is 29.9 Å². The summed E-state index contributed by atoms with van der Waals surface area (Å²) in [6.45, 7) is 1.76. The largest absolute Gasteiger partial charge is 0.332 e. The number of carbonyl (C=O) groups is 2. The van der Waals surface area contributed by atoms with Crippen LogP contribution >= 0.6 is 11.8 Å². The molecule has 0 aromatic heterocycles. The minimum atomic E-state index is -0.0443. The molecule has 0 saturated carbocycles. The molecule has 0 aromatic carbocycles. The van der Waals surface area contributed by atoms with Gasteiger partial charge in [-0.2, -0.15) is 16.9 Å². The van der Waals surface area contributed by atoms with E-state index in [1.54, 1.807) is 13.1 Å². The van der Waals surface area contributed by atoms with Crippen molar-refractivity contribution in [3.63, 3.8) is 0 Å². The lowest BCUT2D eigenvalue weighted by Gasteiger charge is -2.16. The Morgan fingerprint density at radius 2 is 2.37 bits per heavy atom. The molecule has 3 amide bonds. The van der Waals surface area contributed by atoms with Crippen LogP contribution in [0.15, 0.2) is 5.10 Å². The minimum Gasteiger partial charge on any atom is -0.332 e. The normalized spacial score (nSPS) is 29.1. The van der Waals surface area contributed by atoms with Crippen LogP contribution in [0, 0.1) is 0 Å². The highest BCUT2D eigenvalue weighted by Crippen LogP contribution is 2.33. The van der Waals surface area contributed by atoms with Gasteiger partial charge in [-0.3, -0.25) is 4.79 Å². The summed E-state index contributed by atoms with van der Waals surface area (Å²) in [5, 5.41) is 10.1. The van der Waals surface area contributed by atoms with Crippen molar-refractivity contribution in [2.24, 2.45) is 5.10 Å². The molecule has 2 heterocycles. The van der Waals surface area contributed by atoms with E-state index >= 15 is 0 Å². The monoisotopic (exact) mass is 284 g/mol. The number of unbranched alkanes of at least 4 members (excludes halogenated alkanes) is 1. The van der Waals surface area contributed by atoms with Gasteiger partial charge < -0.3 is 10.6 Å². The van der Waals surface area contributed by atoms with Crippen LogP contribution in [0.4, 0.5) is 4.79 Å². The summed E-state index contributed by atoms with van der Waals surface area (Å²) >= 11 is 1.91. The number of hydrogen-bond acceptors (Lipinski definition) is 4. The SMILES string of the molecule is C/C=N/NC(=O)CCCC[C@@H]1SC[C@@H]2NC(=O)N[C@@H]21. The van der Waals surface area contributed by atoms with E-state index in [1.165, 1.54) is 0 Å². The Balaban J connectivity index is 1.61. The van der Waals surface area contributed by atoms with Gasteiger partial charge in [0.2, 0.25) is 5.91 Å². The quantitative estimate of drug-likeness (QED) is 0.292. The predicted octanol–water partition coefficient (Wildman–Crippen LogP) is 0.834. The Morgan fingerprint density at radius 3 is 3.16 bits per heavy atom. The highest BCUT2D eigenvalue weighted by atomic mass is 32.2. The summed E-state index contributed by atoms with van der Waals surface area (Å²) in [4.78, 5) is 22.6. The van der Waals surface area contributed by atoms with Crippen molar-refractivity contribution in [1.29, 1.82) is 0 Å². The number of nitrogens with one attached hydrogen (secondary N) is 3. The van der Waals surface area contributed by atoms with Crippen molar-refractivity contribution in [3.05, 3.63) is 0 Å². The molecule has 7 heteroatoms. The second kappa shape index (κ2) is 6.79. The highest BCUT2D eigenvalue weighted by Gasteiger charge is 2.42. The third-order valence-electron chi connectivity index (χ3n) is 3.40. The lowest BCUT2D eigenvalue weighted by atomic mass is 10.0. The van der Waals surface area contributed by atoms with Crippen molar-refractivity contribution in [1.82, 2.24) is 16.1 Å². The van der Waals surface area contributed by atoms with Crippen LogP contribution in [0.1, 0.15) is 32.6 Å². The molecule has 2 rings (SSSR count). The Hall–Kier alpha value is -1.24. The number of amides is 3. The molecule has 2 saturated heterocycles. The van der Waals surface area contributed by atoms with Crippen LogP contribution in [-0.2, 0) is 4.79 Å². The second-order valence-corrected chi connectivity index (χ2v) is 6.06. The van der Waals surface area contributed by atoms with Gasteiger partial charge >= 0.3 is 6.03 Å². The van der Waals surface area contributed by atoms with Gasteiger partial charge in [0.05, 0.1) is 12.1 Å². The fourth-order valence-electron chi connectivity index (χ4n) is 2.47. The molecule has 0 radical (unpaired) electrons. The minimum absolute atomic E-state index is 0.0362. The van der Waals surface area contributed by atoms with E-state index in [2.05, 4.69) is 21.2 Å². The number of nitrogens with zero attached hydrogens (tertiary/aromatic N) is 1. The Morgan fingerprint density at radius 1 is 1.53 bits per heavy atom. The Labute approximate surface area is 117 Å². The van der Waals surface area contributed by atoms with Gasteiger partial charge in [0, 0.05) is 23.6 Å². The van der Waals surface area contributed by atoms with E-state index in [0.717, 1.165) is 25.0 Å². The van der Waals surface area contributed by atoms with Crippen LogP contribution in [0.5, 0.6) is 0 Å². The third-order valence-corrected chi connectivity index (χ3v) is 4.91. The molecule has 2 aliphatic rings. The standard InChI is InChI=1S/C12H20N4O2S/c1-2-13-16-10(17)6-4-3-5-9-11-8(7-19-9)14-12(18)15-11/h2,8-9,11H,3-7H2,1H3,(H,16,17)(H2,14,15,18)/b13-2+/t8-,9-,11-/m0/s1. The van der Waals surface area contributed by atoms with Crippen LogP contribution < -0.4 is 16.1 Å². The van der Waals surface area contributed by atoms with Gasteiger partial charge in [0.25, 0.3) is 0 Å². The molecular formula is C12H20N4O2S. The summed E-state index contributed by atoms with van der Waals surface area (Å²) in [5.41, 5.74) is 2.46. The topological polar surface area (TPSA) is 82.6 Å². The zero-order valence-electron chi connectivity index (χ0n) is 11.0. The van der Waals surface area contributed by atoms with Crippen LogP contribution in [0.3, 0.4) is 0 Å². The summed E-state index contributed by atoms with van der Waals surface area (Å²) in [7, 11) is 0. The lowest BCUT2D eigenvalue weighted by molar-refractivity contribution is -0.121. The molecule has 0 bridgehead atoms. The number of rotatable bonds is 6. The van der Waals surface area contributed by atoms with Crippen molar-refractivity contribution < 1.29 is 9.59 Å². The maximum atomic E-state index is 11.3. The number of fused-ring (bicyclic) bond motifs is 1. The summed E-state index contributed by atoms with van der Waals surface area (Å²) in [5.74, 6) is 0.950. The summed E-state index contributed by atoms with van der Waals surface area (Å²) in [6, 6.07) is 0.498. The van der Waals surface area contributed by atoms with Crippen LogP contribution in [-0.4, -0.2) is 41.2 Å². The zero-order chi connectivity index (χ0) is 13.7. The van der Waals surface area contributed by atoms with Gasteiger partial charge in [0.1, 0.15) is 0 Å². The number of urea groups is 1. The second-order valence-electron chi connectivity index (χ2n) is 4.79. The molecule has 0 aromatic rings. The van der Waals surface area contributed by atoms with Crippen LogP contribution in [0.25, 0.3) is 0 Å². The van der Waals surface area contributed by atoms with Gasteiger partial charge in [0.15, 0.2) is 0 Å². The first-order valence-electron chi connectivity index (χ1n) is 6.66. The predicted molar refractivity (Wildman–Crippen MR) is 76.3 cm³/mol. The van der Waals surface area contributed by atoms with Crippen LogP contribution in [0.2, 0.25) is 0 Å². The Bertz CT molecular complexity index is 375. The van der Waals surface area contributed by atoms with E-state index in [9.17, 15) is 9.59 Å². The van der Waals surface area contributed by atoms with E-state index in [0.29, 0.717) is 11.7 Å². The van der Waals surface area contributed by atoms with Crippen molar-refractivity contribution in [3.8, 4) is 0 Å². The first kappa shape index (κ1) is 14.2. The van der Waals surface area contributed by atoms with Gasteiger partial charge in [-0.05, 0) is 19.8 Å². The molecule has 19 heavy (non-hydrogen) atoms. The molecule has 6 nitrogen and oxygen atoms in total. The summed E-state index contributed by atoms with van der Waals surface area (Å²) < 4.78 is 0. The van der Waals surface area contributed by atoms with Gasteiger partial charge in [-0.15, -0.1) is 0 Å². The fraction of sp³-hybridized carbons (Fsp3) is 0.750. The number of hydrogen-bond donors (Lipinski definition) is 3. The smallest absolute Gasteiger partial charge is 0.315 e. The molecule has 106 valence electrons. The maximum Gasteiger partial charge on any atom is 0.315 e. The summed E-state index contributed by atoms with van der Waals surface area (Å²) in [6.07, 6.45) is 4.97. The molecule has 0 spiro atoms. The van der Waals surface area contributed by atoms with E-state index in [1.807, 2.05) is 11.8 Å². The molecule has 0 aliphatic carbocycles. The molecule has 3 atom stereocenters. The molecule has 3 N–H and O–H groups in total. The number of hydrazone groups is 1. The van der Waals surface area contributed by atoms with Gasteiger partial charge in [-0.25, -0.2) is 10.2 Å². The zero-order valence-corrected chi connectivity index (χ0v) is 11.8. The fourth-order valence-corrected chi connectivity index (χ4v) is 4.01. The average molecular weight is 284 g/mol. The first-order valence-corrected chi connectivity index (χ1v) is 7.70. The number of carbonyl (C=O) groups excluding carboxylic acids is 2. The van der Waals surface area contributed by atoms with E-state index in [-0.39, 0.29) is 24.0 Å². The van der Waals surface area contributed by atoms with E-state index < -0.39 is 0 Å². The maximum absolute atomic E-state index is 11.3. The highest BCUT2D eigenvalue weighted by molar-refractivity contribution is 8.00. The Kier molecular flexibility index (Phi) is 5.07. The molecule has 2 fully saturated rings. The molecular weight excluding hydrogens is 264 g/mol. The third kappa shape index (κ3) is 3.86. The van der Waals surface area contributed by atoms with Gasteiger partial charge in [-0.1, -0.05) is 6.42 Å². The first-order chi connectivity index (χ1) is 9.20. The average Bonchev–Trinajstić information content (AvgIpc) is 2.92. The lowest BCUT2D eigenvalue weighted by Crippen LogP contribution is -2.36. The number of thioether (sulfide) groups is 1. The van der Waals surface area contributed by atoms with Crippen molar-refractivity contribution in [2.45, 2.75) is 49.9 Å². The molecule has 2 aliphatic heterocycles. The molecule has 0 unspecified atom stereocenters.